The van der Waals surface area contributed by atoms with Crippen molar-refractivity contribution in [3.8, 4) is 0 Å². The molecule has 0 fully saturated rings. The molecule has 21 heavy (non-hydrogen) atoms. The lowest BCUT2D eigenvalue weighted by atomic mass is 10.2. The Bertz CT molecular complexity index is 740. The normalized spacial score (nSPS) is 11.3. The fourth-order valence-electron chi connectivity index (χ4n) is 1.63. The molecule has 0 spiro atoms. The number of aromatic nitrogens is 1. The van der Waals surface area contributed by atoms with Crippen LogP contribution in [0.15, 0.2) is 39.9 Å². The van der Waals surface area contributed by atoms with Crippen molar-refractivity contribution in [3.63, 3.8) is 0 Å². The molecule has 0 bridgehead atoms. The number of benzene rings is 1. The summed E-state index contributed by atoms with van der Waals surface area (Å²) < 4.78 is 36.0. The summed E-state index contributed by atoms with van der Waals surface area (Å²) in [6.45, 7) is -0.0657. The topological polar surface area (TPSA) is 125 Å². The van der Waals surface area contributed by atoms with Crippen molar-refractivity contribution >= 4 is 21.7 Å². The second-order valence-corrected chi connectivity index (χ2v) is 5.80. The third-order valence-corrected chi connectivity index (χ3v) is 4.09. The van der Waals surface area contributed by atoms with Gasteiger partial charge in [0.1, 0.15) is 6.26 Å². The maximum atomic E-state index is 12.3. The Morgan fingerprint density at radius 1 is 1.43 bits per heavy atom. The van der Waals surface area contributed by atoms with Gasteiger partial charge in [-0.15, -0.1) is 0 Å². The van der Waals surface area contributed by atoms with Crippen molar-refractivity contribution in [1.29, 1.82) is 0 Å². The molecule has 3 N–H and O–H groups in total. The average molecular weight is 311 g/mol. The van der Waals surface area contributed by atoms with Gasteiger partial charge in [-0.1, -0.05) is 5.16 Å². The van der Waals surface area contributed by atoms with Gasteiger partial charge in [-0.3, -0.25) is 0 Å². The van der Waals surface area contributed by atoms with E-state index >= 15 is 0 Å². The molecule has 0 aliphatic rings. The number of nitrogens with zero attached hydrogens (tertiary/aromatic N) is 1. The fourth-order valence-corrected chi connectivity index (χ4v) is 2.80. The number of nitrogen functional groups attached to an aromatic ring is 1. The van der Waals surface area contributed by atoms with Gasteiger partial charge in [0.2, 0.25) is 10.0 Å². The Morgan fingerprint density at radius 2 is 2.19 bits per heavy atom. The quantitative estimate of drug-likeness (QED) is 0.609. The number of methoxy groups -OCH3 is 1. The van der Waals surface area contributed by atoms with E-state index in [1.54, 1.807) is 0 Å². The van der Waals surface area contributed by atoms with Gasteiger partial charge in [0.15, 0.2) is 0 Å². The Morgan fingerprint density at radius 3 is 2.81 bits per heavy atom. The molecule has 0 saturated heterocycles. The highest BCUT2D eigenvalue weighted by atomic mass is 32.2. The molecule has 9 heteroatoms. The van der Waals surface area contributed by atoms with E-state index in [0.717, 1.165) is 7.11 Å². The first-order chi connectivity index (χ1) is 9.94. The molecule has 112 valence electrons. The van der Waals surface area contributed by atoms with Crippen LogP contribution in [0.4, 0.5) is 5.69 Å². The molecule has 0 atom stereocenters. The first-order valence-electron chi connectivity index (χ1n) is 5.81. The third kappa shape index (κ3) is 3.38. The average Bonchev–Trinajstić information content (AvgIpc) is 2.97. The Hall–Kier alpha value is -2.39. The lowest BCUT2D eigenvalue weighted by Gasteiger charge is -2.10. The van der Waals surface area contributed by atoms with Gasteiger partial charge in [-0.25, -0.2) is 17.9 Å². The number of nitrogens with one attached hydrogen (secondary N) is 1. The number of hydrogen-bond acceptors (Lipinski definition) is 7. The molecule has 8 nitrogen and oxygen atoms in total. The molecule has 0 unspecified atom stereocenters. The van der Waals surface area contributed by atoms with Gasteiger partial charge in [-0.05, 0) is 18.2 Å². The zero-order chi connectivity index (χ0) is 15.5. The van der Waals surface area contributed by atoms with Crippen molar-refractivity contribution in [3.05, 3.63) is 41.8 Å². The minimum Gasteiger partial charge on any atom is -0.465 e. The minimum absolute atomic E-state index is 0.0657. The standard InChI is InChI=1S/C12H13N3O5S/c1-19-12(16)10-6-8(13)2-3-11(10)21(17,18)14-7-9-4-5-20-15-9/h2-6,14H,7,13H2,1H3. The molecule has 2 rings (SSSR count). The number of carbonyl (C=O) groups is 1. The summed E-state index contributed by atoms with van der Waals surface area (Å²) in [4.78, 5) is 11.5. The van der Waals surface area contributed by atoms with Crippen LogP contribution in [0.5, 0.6) is 0 Å². The van der Waals surface area contributed by atoms with Crippen LogP contribution in [0, 0.1) is 0 Å². The number of ether oxygens (including phenoxy) is 1. The molecule has 2 aromatic rings. The molecule has 0 amide bonds. The second kappa shape index (κ2) is 5.94. The summed E-state index contributed by atoms with van der Waals surface area (Å²) in [7, 11) is -2.77. The zero-order valence-corrected chi connectivity index (χ0v) is 11.9. The number of anilines is 1. The van der Waals surface area contributed by atoms with Crippen LogP contribution in [0.1, 0.15) is 16.1 Å². The van der Waals surface area contributed by atoms with Gasteiger partial charge < -0.3 is 15.0 Å². The maximum Gasteiger partial charge on any atom is 0.339 e. The summed E-state index contributed by atoms with van der Waals surface area (Å²) in [6.07, 6.45) is 1.33. The van der Waals surface area contributed by atoms with E-state index < -0.39 is 16.0 Å². The summed E-state index contributed by atoms with van der Waals surface area (Å²) in [5.41, 5.74) is 6.10. The van der Waals surface area contributed by atoms with Crippen molar-refractivity contribution in [1.82, 2.24) is 9.88 Å². The van der Waals surface area contributed by atoms with Crippen LogP contribution in [-0.4, -0.2) is 26.7 Å². The highest BCUT2D eigenvalue weighted by molar-refractivity contribution is 7.89. The van der Waals surface area contributed by atoms with Gasteiger partial charge in [0.25, 0.3) is 0 Å². The first-order valence-corrected chi connectivity index (χ1v) is 7.29. The number of esters is 1. The van der Waals surface area contributed by atoms with Crippen LogP contribution in [0.2, 0.25) is 0 Å². The fraction of sp³-hybridized carbons (Fsp3) is 0.167. The van der Waals surface area contributed by atoms with Crippen LogP contribution < -0.4 is 10.5 Å². The molecule has 1 aromatic carbocycles. The molecule has 0 saturated carbocycles. The number of hydrogen-bond donors (Lipinski definition) is 2. The predicted molar refractivity (Wildman–Crippen MR) is 72.7 cm³/mol. The van der Waals surface area contributed by atoms with E-state index in [1.807, 2.05) is 0 Å². The van der Waals surface area contributed by atoms with E-state index in [4.69, 9.17) is 5.73 Å². The van der Waals surface area contributed by atoms with Gasteiger partial charge in [-0.2, -0.15) is 0 Å². The summed E-state index contributed by atoms with van der Waals surface area (Å²) >= 11 is 0. The first kappa shape index (κ1) is 15.0. The molecule has 1 heterocycles. The highest BCUT2D eigenvalue weighted by Gasteiger charge is 2.23. The number of carbonyl (C=O) groups excluding carboxylic acids is 1. The lowest BCUT2D eigenvalue weighted by molar-refractivity contribution is 0.0596. The van der Waals surface area contributed by atoms with Crippen LogP contribution >= 0.6 is 0 Å². The Kier molecular flexibility index (Phi) is 4.24. The van der Waals surface area contributed by atoms with Crippen LogP contribution in [0.3, 0.4) is 0 Å². The van der Waals surface area contributed by atoms with E-state index in [0.29, 0.717) is 5.69 Å². The predicted octanol–water partition coefficient (Wildman–Crippen LogP) is 0.522. The van der Waals surface area contributed by atoms with Gasteiger partial charge in [0, 0.05) is 11.8 Å². The van der Waals surface area contributed by atoms with Crippen molar-refractivity contribution in [2.45, 2.75) is 11.4 Å². The Balaban J connectivity index is 2.33. The van der Waals surface area contributed by atoms with E-state index in [1.165, 1.54) is 30.5 Å². The summed E-state index contributed by atoms with van der Waals surface area (Å²) in [5, 5.41) is 3.59. The molecular weight excluding hydrogens is 298 g/mol. The van der Waals surface area contributed by atoms with Crippen LogP contribution in [0.25, 0.3) is 0 Å². The molecule has 0 aliphatic heterocycles. The minimum atomic E-state index is -3.93. The van der Waals surface area contributed by atoms with E-state index in [9.17, 15) is 13.2 Å². The van der Waals surface area contributed by atoms with Crippen molar-refractivity contribution in [2.75, 3.05) is 12.8 Å². The zero-order valence-electron chi connectivity index (χ0n) is 11.1. The van der Waals surface area contributed by atoms with E-state index in [-0.39, 0.29) is 22.7 Å². The van der Waals surface area contributed by atoms with Crippen molar-refractivity contribution in [2.24, 2.45) is 0 Å². The van der Waals surface area contributed by atoms with Crippen LogP contribution in [-0.2, 0) is 21.3 Å². The lowest BCUT2D eigenvalue weighted by Crippen LogP contribution is -2.25. The number of nitrogens with two attached hydrogens (primary N) is 1. The van der Waals surface area contributed by atoms with Gasteiger partial charge in [0.05, 0.1) is 29.8 Å². The van der Waals surface area contributed by atoms with E-state index in [2.05, 4.69) is 19.1 Å². The monoisotopic (exact) mass is 311 g/mol. The number of sulfonamides is 1. The summed E-state index contributed by atoms with van der Waals surface area (Å²) in [6, 6.07) is 5.40. The smallest absolute Gasteiger partial charge is 0.339 e. The Labute approximate surface area is 120 Å². The summed E-state index contributed by atoms with van der Waals surface area (Å²) in [5.74, 6) is -0.788. The molecule has 0 aliphatic carbocycles. The SMILES string of the molecule is COC(=O)c1cc(N)ccc1S(=O)(=O)NCc1ccon1. The largest absolute Gasteiger partial charge is 0.465 e. The highest BCUT2D eigenvalue weighted by Crippen LogP contribution is 2.20. The molecule has 1 aromatic heterocycles. The molecule has 0 radical (unpaired) electrons. The number of rotatable bonds is 5. The second-order valence-electron chi connectivity index (χ2n) is 4.06. The van der Waals surface area contributed by atoms with Crippen molar-refractivity contribution < 1.29 is 22.5 Å². The van der Waals surface area contributed by atoms with Gasteiger partial charge >= 0.3 is 5.97 Å². The maximum absolute atomic E-state index is 12.3. The third-order valence-electron chi connectivity index (χ3n) is 2.63. The molecular formula is C12H13N3O5S.